The number of carbonyl (C=O) groups excluding carboxylic acids is 2. The van der Waals surface area contributed by atoms with E-state index in [4.69, 9.17) is 0 Å². The van der Waals surface area contributed by atoms with E-state index in [1.54, 1.807) is 19.1 Å². The molecule has 0 aliphatic heterocycles. The highest BCUT2D eigenvalue weighted by Gasteiger charge is 2.18. The van der Waals surface area contributed by atoms with Crippen molar-refractivity contribution in [2.75, 3.05) is 5.32 Å². The molecule has 0 bridgehead atoms. The number of carbonyl (C=O) groups is 2. The third kappa shape index (κ3) is 3.45. The molecule has 20 heavy (non-hydrogen) atoms. The average Bonchev–Trinajstić information content (AvgIpc) is 2.86. The first-order valence-corrected chi connectivity index (χ1v) is 7.17. The average molecular weight is 288 g/mol. The number of benzene rings is 1. The van der Waals surface area contributed by atoms with Gasteiger partial charge in [0, 0.05) is 5.69 Å². The van der Waals surface area contributed by atoms with E-state index in [1.165, 1.54) is 11.3 Å². The van der Waals surface area contributed by atoms with Gasteiger partial charge in [-0.1, -0.05) is 18.2 Å². The number of nitrogens with one attached hydrogen (secondary N) is 2. The lowest BCUT2D eigenvalue weighted by Gasteiger charge is -2.14. The highest BCUT2D eigenvalue weighted by atomic mass is 32.1. The molecule has 2 aromatic rings. The standard InChI is InChI=1S/C15H16N2O2S/c1-10-8-9-20-13(10)15(19)16-11(2)14(18)17-12-6-4-3-5-7-12/h3-9,11H,1-2H3,(H,16,19)(H,17,18). The molecular formula is C15H16N2O2S. The molecule has 2 rings (SSSR count). The zero-order chi connectivity index (χ0) is 14.5. The summed E-state index contributed by atoms with van der Waals surface area (Å²) in [6, 6.07) is 10.5. The number of anilines is 1. The van der Waals surface area contributed by atoms with Crippen LogP contribution in [0, 0.1) is 6.92 Å². The van der Waals surface area contributed by atoms with Gasteiger partial charge in [-0.15, -0.1) is 11.3 Å². The number of hydrogen-bond donors (Lipinski definition) is 2. The molecular weight excluding hydrogens is 272 g/mol. The van der Waals surface area contributed by atoms with Gasteiger partial charge in [0.1, 0.15) is 6.04 Å². The Labute approximate surface area is 121 Å². The maximum absolute atomic E-state index is 12.0. The van der Waals surface area contributed by atoms with Crippen LogP contribution in [0.1, 0.15) is 22.2 Å². The number of amides is 2. The van der Waals surface area contributed by atoms with Crippen LogP contribution in [-0.2, 0) is 4.79 Å². The molecule has 0 fully saturated rings. The molecule has 0 aliphatic rings. The fraction of sp³-hybridized carbons (Fsp3) is 0.200. The predicted octanol–water partition coefficient (Wildman–Crippen LogP) is 2.81. The molecule has 5 heteroatoms. The minimum Gasteiger partial charge on any atom is -0.340 e. The van der Waals surface area contributed by atoms with Gasteiger partial charge in [-0.25, -0.2) is 0 Å². The second-order valence-electron chi connectivity index (χ2n) is 4.48. The van der Waals surface area contributed by atoms with Gasteiger partial charge in [-0.2, -0.15) is 0 Å². The molecule has 0 saturated carbocycles. The van der Waals surface area contributed by atoms with Crippen molar-refractivity contribution < 1.29 is 9.59 Å². The molecule has 0 radical (unpaired) electrons. The first kappa shape index (κ1) is 14.3. The van der Waals surface area contributed by atoms with Crippen molar-refractivity contribution in [1.82, 2.24) is 5.32 Å². The van der Waals surface area contributed by atoms with Gasteiger partial charge in [-0.3, -0.25) is 9.59 Å². The van der Waals surface area contributed by atoms with Gasteiger partial charge in [0.05, 0.1) is 4.88 Å². The molecule has 1 heterocycles. The zero-order valence-electron chi connectivity index (χ0n) is 11.3. The molecule has 0 spiro atoms. The Kier molecular flexibility index (Phi) is 4.53. The third-order valence-electron chi connectivity index (χ3n) is 2.85. The first-order valence-electron chi connectivity index (χ1n) is 6.29. The molecule has 104 valence electrons. The second-order valence-corrected chi connectivity index (χ2v) is 5.40. The largest absolute Gasteiger partial charge is 0.340 e. The number of thiophene rings is 1. The summed E-state index contributed by atoms with van der Waals surface area (Å²) in [4.78, 5) is 24.6. The summed E-state index contributed by atoms with van der Waals surface area (Å²) in [6.45, 7) is 3.54. The van der Waals surface area contributed by atoms with E-state index in [2.05, 4.69) is 10.6 Å². The molecule has 2 amide bonds. The van der Waals surface area contributed by atoms with Gasteiger partial charge >= 0.3 is 0 Å². The summed E-state index contributed by atoms with van der Waals surface area (Å²) >= 11 is 1.37. The predicted molar refractivity (Wildman–Crippen MR) is 81.1 cm³/mol. The summed E-state index contributed by atoms with van der Waals surface area (Å²) in [5.74, 6) is -0.452. The van der Waals surface area contributed by atoms with Crippen molar-refractivity contribution in [2.24, 2.45) is 0 Å². The smallest absolute Gasteiger partial charge is 0.262 e. The molecule has 4 nitrogen and oxygen atoms in total. The number of aryl methyl sites for hydroxylation is 1. The summed E-state index contributed by atoms with van der Waals surface area (Å²) < 4.78 is 0. The van der Waals surface area contributed by atoms with E-state index in [0.29, 0.717) is 10.6 Å². The van der Waals surface area contributed by atoms with Crippen LogP contribution in [0.15, 0.2) is 41.8 Å². The monoisotopic (exact) mass is 288 g/mol. The maximum atomic E-state index is 12.0. The van der Waals surface area contributed by atoms with Crippen LogP contribution in [-0.4, -0.2) is 17.9 Å². The first-order chi connectivity index (χ1) is 9.58. The number of rotatable bonds is 4. The fourth-order valence-electron chi connectivity index (χ4n) is 1.71. The highest BCUT2D eigenvalue weighted by molar-refractivity contribution is 7.12. The van der Waals surface area contributed by atoms with Crippen LogP contribution in [0.5, 0.6) is 0 Å². The highest BCUT2D eigenvalue weighted by Crippen LogP contribution is 2.15. The Morgan fingerprint density at radius 3 is 2.45 bits per heavy atom. The van der Waals surface area contributed by atoms with Crippen LogP contribution in [0.25, 0.3) is 0 Å². The van der Waals surface area contributed by atoms with E-state index in [0.717, 1.165) is 5.56 Å². The SMILES string of the molecule is Cc1ccsc1C(=O)NC(C)C(=O)Nc1ccccc1. The van der Waals surface area contributed by atoms with Crippen LogP contribution < -0.4 is 10.6 Å². The molecule has 0 saturated heterocycles. The lowest BCUT2D eigenvalue weighted by Crippen LogP contribution is -2.41. The fourth-order valence-corrected chi connectivity index (χ4v) is 2.53. The zero-order valence-corrected chi connectivity index (χ0v) is 12.2. The van der Waals surface area contributed by atoms with E-state index < -0.39 is 6.04 Å². The normalized spacial score (nSPS) is 11.7. The van der Waals surface area contributed by atoms with Crippen LogP contribution in [0.4, 0.5) is 5.69 Å². The number of hydrogen-bond acceptors (Lipinski definition) is 3. The Morgan fingerprint density at radius 1 is 1.15 bits per heavy atom. The minimum absolute atomic E-state index is 0.215. The van der Waals surface area contributed by atoms with Gasteiger partial charge in [0.15, 0.2) is 0 Å². The molecule has 1 unspecified atom stereocenters. The quantitative estimate of drug-likeness (QED) is 0.909. The Hall–Kier alpha value is -2.14. The van der Waals surface area contributed by atoms with E-state index >= 15 is 0 Å². The van der Waals surface area contributed by atoms with E-state index in [1.807, 2.05) is 36.6 Å². The van der Waals surface area contributed by atoms with Crippen molar-refractivity contribution in [3.8, 4) is 0 Å². The Bertz CT molecular complexity index is 607. The summed E-state index contributed by atoms with van der Waals surface area (Å²) in [5.41, 5.74) is 1.63. The molecule has 1 aromatic heterocycles. The van der Waals surface area contributed by atoms with Gasteiger partial charge in [0.2, 0.25) is 5.91 Å². The Balaban J connectivity index is 1.95. The molecule has 1 atom stereocenters. The van der Waals surface area contributed by atoms with Crippen molar-refractivity contribution in [2.45, 2.75) is 19.9 Å². The minimum atomic E-state index is -0.593. The van der Waals surface area contributed by atoms with Gasteiger partial charge < -0.3 is 10.6 Å². The summed E-state index contributed by atoms with van der Waals surface area (Å²) in [6.07, 6.45) is 0. The van der Waals surface area contributed by atoms with Crippen molar-refractivity contribution >= 4 is 28.8 Å². The van der Waals surface area contributed by atoms with Crippen LogP contribution >= 0.6 is 11.3 Å². The van der Waals surface area contributed by atoms with Crippen molar-refractivity contribution in [3.63, 3.8) is 0 Å². The molecule has 1 aromatic carbocycles. The van der Waals surface area contributed by atoms with E-state index in [9.17, 15) is 9.59 Å². The summed E-state index contributed by atoms with van der Waals surface area (Å²) in [5, 5.41) is 7.32. The lowest BCUT2D eigenvalue weighted by molar-refractivity contribution is -0.117. The summed E-state index contributed by atoms with van der Waals surface area (Å²) in [7, 11) is 0. The number of para-hydroxylation sites is 1. The van der Waals surface area contributed by atoms with Crippen molar-refractivity contribution in [1.29, 1.82) is 0 Å². The topological polar surface area (TPSA) is 58.2 Å². The van der Waals surface area contributed by atoms with Crippen molar-refractivity contribution in [3.05, 3.63) is 52.2 Å². The maximum Gasteiger partial charge on any atom is 0.262 e. The Morgan fingerprint density at radius 2 is 1.85 bits per heavy atom. The van der Waals surface area contributed by atoms with Crippen LogP contribution in [0.3, 0.4) is 0 Å². The molecule has 0 aliphatic carbocycles. The van der Waals surface area contributed by atoms with E-state index in [-0.39, 0.29) is 11.8 Å². The van der Waals surface area contributed by atoms with Crippen LogP contribution in [0.2, 0.25) is 0 Å². The van der Waals surface area contributed by atoms with Gasteiger partial charge in [-0.05, 0) is 43.0 Å². The van der Waals surface area contributed by atoms with Gasteiger partial charge in [0.25, 0.3) is 5.91 Å². The third-order valence-corrected chi connectivity index (χ3v) is 3.87. The molecule has 2 N–H and O–H groups in total. The lowest BCUT2D eigenvalue weighted by atomic mass is 10.2. The second kappa shape index (κ2) is 6.34.